The molecule has 1 unspecified atom stereocenters. The van der Waals surface area contributed by atoms with Gasteiger partial charge in [0.1, 0.15) is 5.75 Å². The fourth-order valence-electron chi connectivity index (χ4n) is 1.69. The topological polar surface area (TPSA) is 35.2 Å². The highest BCUT2D eigenvalue weighted by molar-refractivity contribution is 6.32. The quantitative estimate of drug-likeness (QED) is 0.766. The molecule has 2 N–H and O–H groups in total. The molecule has 1 atom stereocenters. The Balaban J connectivity index is 2.64. The van der Waals surface area contributed by atoms with Crippen molar-refractivity contribution in [3.05, 3.63) is 28.8 Å². The van der Waals surface area contributed by atoms with Crippen LogP contribution in [0.5, 0.6) is 5.75 Å². The number of unbranched alkanes of at least 4 members (excludes halogenated alkanes) is 2. The summed E-state index contributed by atoms with van der Waals surface area (Å²) in [6, 6.07) is 5.83. The first kappa shape index (κ1) is 13.3. The molecule has 0 aliphatic heterocycles. The molecular weight excluding hydrogens is 222 g/mol. The van der Waals surface area contributed by atoms with Crippen LogP contribution in [0.2, 0.25) is 5.02 Å². The van der Waals surface area contributed by atoms with Crippen molar-refractivity contribution in [2.75, 3.05) is 7.11 Å². The highest BCUT2D eigenvalue weighted by Gasteiger charge is 2.08. The molecule has 0 fully saturated rings. The first-order valence-corrected chi connectivity index (χ1v) is 6.15. The minimum absolute atomic E-state index is 0.0812. The van der Waals surface area contributed by atoms with Gasteiger partial charge in [-0.1, -0.05) is 43.9 Å². The molecule has 0 amide bonds. The summed E-state index contributed by atoms with van der Waals surface area (Å²) in [5, 5.41) is 0.631. The first-order valence-electron chi connectivity index (χ1n) is 5.78. The summed E-state index contributed by atoms with van der Waals surface area (Å²) >= 11 is 5.96. The van der Waals surface area contributed by atoms with Crippen LogP contribution in [-0.4, -0.2) is 7.11 Å². The molecule has 0 aliphatic carbocycles. The van der Waals surface area contributed by atoms with Crippen molar-refractivity contribution in [1.29, 1.82) is 0 Å². The third kappa shape index (κ3) is 3.69. The molecule has 0 aliphatic rings. The van der Waals surface area contributed by atoms with E-state index < -0.39 is 0 Å². The van der Waals surface area contributed by atoms with Crippen LogP contribution in [0.4, 0.5) is 0 Å². The van der Waals surface area contributed by atoms with E-state index in [9.17, 15) is 0 Å². The number of methoxy groups -OCH3 is 1. The highest BCUT2D eigenvalue weighted by atomic mass is 35.5. The van der Waals surface area contributed by atoms with E-state index in [1.807, 2.05) is 18.2 Å². The van der Waals surface area contributed by atoms with E-state index >= 15 is 0 Å². The largest absolute Gasteiger partial charge is 0.495 e. The van der Waals surface area contributed by atoms with Gasteiger partial charge in [0.05, 0.1) is 12.1 Å². The van der Waals surface area contributed by atoms with Crippen LogP contribution in [0.25, 0.3) is 0 Å². The number of hydrogen-bond donors (Lipinski definition) is 1. The first-order chi connectivity index (χ1) is 7.69. The van der Waals surface area contributed by atoms with Crippen molar-refractivity contribution in [3.8, 4) is 5.75 Å². The fraction of sp³-hybridized carbons (Fsp3) is 0.538. The molecule has 0 radical (unpaired) electrons. The van der Waals surface area contributed by atoms with Gasteiger partial charge in [-0.25, -0.2) is 0 Å². The second-order valence-electron chi connectivity index (χ2n) is 4.00. The summed E-state index contributed by atoms with van der Waals surface area (Å²) in [4.78, 5) is 0. The zero-order chi connectivity index (χ0) is 12.0. The number of ether oxygens (including phenoxy) is 1. The molecule has 16 heavy (non-hydrogen) atoms. The molecule has 1 rings (SSSR count). The maximum absolute atomic E-state index is 6.11. The lowest BCUT2D eigenvalue weighted by molar-refractivity contribution is 0.413. The van der Waals surface area contributed by atoms with Crippen molar-refractivity contribution < 1.29 is 4.74 Å². The predicted octanol–water partition coefficient (Wildman–Crippen LogP) is 3.93. The average molecular weight is 242 g/mol. The Morgan fingerprint density at radius 1 is 1.38 bits per heavy atom. The van der Waals surface area contributed by atoms with E-state index in [0.29, 0.717) is 10.8 Å². The normalized spacial score (nSPS) is 12.5. The number of hydrogen-bond acceptors (Lipinski definition) is 2. The summed E-state index contributed by atoms with van der Waals surface area (Å²) in [6.07, 6.45) is 4.64. The van der Waals surface area contributed by atoms with Crippen LogP contribution < -0.4 is 10.5 Å². The number of halogens is 1. The Kier molecular flexibility index (Phi) is 5.64. The summed E-state index contributed by atoms with van der Waals surface area (Å²) in [5.41, 5.74) is 7.21. The predicted molar refractivity (Wildman–Crippen MR) is 69.1 cm³/mol. The van der Waals surface area contributed by atoms with E-state index in [0.717, 1.165) is 12.0 Å². The van der Waals surface area contributed by atoms with E-state index in [1.165, 1.54) is 19.3 Å². The van der Waals surface area contributed by atoms with Gasteiger partial charge in [-0.3, -0.25) is 0 Å². The second kappa shape index (κ2) is 6.77. The summed E-state index contributed by atoms with van der Waals surface area (Å²) in [7, 11) is 1.62. The fourth-order valence-corrected chi connectivity index (χ4v) is 1.88. The maximum atomic E-state index is 6.11. The molecule has 0 saturated heterocycles. The van der Waals surface area contributed by atoms with E-state index in [1.54, 1.807) is 7.11 Å². The Bertz CT molecular complexity index is 328. The number of benzene rings is 1. The van der Waals surface area contributed by atoms with Crippen molar-refractivity contribution in [2.45, 2.75) is 38.6 Å². The molecule has 3 heteroatoms. The average Bonchev–Trinajstić information content (AvgIpc) is 2.30. The molecular formula is C13H20ClNO. The van der Waals surface area contributed by atoms with E-state index in [4.69, 9.17) is 22.1 Å². The van der Waals surface area contributed by atoms with E-state index in [2.05, 4.69) is 6.92 Å². The van der Waals surface area contributed by atoms with Gasteiger partial charge in [0.15, 0.2) is 0 Å². The summed E-state index contributed by atoms with van der Waals surface area (Å²) < 4.78 is 5.17. The lowest BCUT2D eigenvalue weighted by Crippen LogP contribution is -2.10. The zero-order valence-corrected chi connectivity index (χ0v) is 10.8. The summed E-state index contributed by atoms with van der Waals surface area (Å²) in [6.45, 7) is 2.19. The van der Waals surface area contributed by atoms with Gasteiger partial charge in [0.2, 0.25) is 0 Å². The molecule has 0 heterocycles. The van der Waals surface area contributed by atoms with E-state index in [-0.39, 0.29) is 6.04 Å². The van der Waals surface area contributed by atoms with Crippen LogP contribution in [0.15, 0.2) is 18.2 Å². The van der Waals surface area contributed by atoms with Crippen LogP contribution in [-0.2, 0) is 0 Å². The minimum Gasteiger partial charge on any atom is -0.495 e. The molecule has 2 nitrogen and oxygen atoms in total. The highest BCUT2D eigenvalue weighted by Crippen LogP contribution is 2.28. The molecule has 0 spiro atoms. The third-order valence-corrected chi connectivity index (χ3v) is 3.03. The standard InChI is InChI=1S/C13H20ClNO/c1-3-4-5-6-12(15)10-7-8-11(14)13(9-10)16-2/h7-9,12H,3-6,15H2,1-2H3. The second-order valence-corrected chi connectivity index (χ2v) is 4.40. The van der Waals surface area contributed by atoms with Gasteiger partial charge >= 0.3 is 0 Å². The Labute approximate surface area is 103 Å². The van der Waals surface area contributed by atoms with Gasteiger partial charge in [-0.05, 0) is 24.1 Å². The van der Waals surface area contributed by atoms with Crippen molar-refractivity contribution in [2.24, 2.45) is 5.73 Å². The van der Waals surface area contributed by atoms with Gasteiger partial charge in [-0.15, -0.1) is 0 Å². The summed E-state index contributed by atoms with van der Waals surface area (Å²) in [5.74, 6) is 0.699. The van der Waals surface area contributed by atoms with Crippen LogP contribution in [0, 0.1) is 0 Å². The maximum Gasteiger partial charge on any atom is 0.137 e. The molecule has 1 aromatic rings. The minimum atomic E-state index is 0.0812. The Morgan fingerprint density at radius 2 is 2.12 bits per heavy atom. The Morgan fingerprint density at radius 3 is 2.75 bits per heavy atom. The molecule has 0 aromatic heterocycles. The van der Waals surface area contributed by atoms with Crippen LogP contribution in [0.3, 0.4) is 0 Å². The smallest absolute Gasteiger partial charge is 0.137 e. The molecule has 0 saturated carbocycles. The van der Waals surface area contributed by atoms with Gasteiger partial charge in [-0.2, -0.15) is 0 Å². The third-order valence-electron chi connectivity index (χ3n) is 2.72. The van der Waals surface area contributed by atoms with Gasteiger partial charge in [0.25, 0.3) is 0 Å². The van der Waals surface area contributed by atoms with Gasteiger partial charge in [0, 0.05) is 6.04 Å². The lowest BCUT2D eigenvalue weighted by atomic mass is 10.0. The monoisotopic (exact) mass is 241 g/mol. The lowest BCUT2D eigenvalue weighted by Gasteiger charge is -2.13. The van der Waals surface area contributed by atoms with Crippen molar-refractivity contribution >= 4 is 11.6 Å². The molecule has 90 valence electrons. The molecule has 1 aromatic carbocycles. The van der Waals surface area contributed by atoms with Gasteiger partial charge < -0.3 is 10.5 Å². The molecule has 0 bridgehead atoms. The zero-order valence-electron chi connectivity index (χ0n) is 10.0. The van der Waals surface area contributed by atoms with Crippen molar-refractivity contribution in [3.63, 3.8) is 0 Å². The Hall–Kier alpha value is -0.730. The van der Waals surface area contributed by atoms with Crippen LogP contribution in [0.1, 0.15) is 44.2 Å². The van der Waals surface area contributed by atoms with Crippen LogP contribution >= 0.6 is 11.6 Å². The van der Waals surface area contributed by atoms with Crippen molar-refractivity contribution in [1.82, 2.24) is 0 Å². The number of nitrogens with two attached hydrogens (primary N) is 1. The number of rotatable bonds is 6. The SMILES string of the molecule is CCCCCC(N)c1ccc(Cl)c(OC)c1.